The van der Waals surface area contributed by atoms with E-state index in [1.807, 2.05) is 48.5 Å². The number of nitrogens with one attached hydrogen (secondary N) is 2. The third-order valence-corrected chi connectivity index (χ3v) is 4.45. The van der Waals surface area contributed by atoms with Gasteiger partial charge in [0.15, 0.2) is 0 Å². The van der Waals surface area contributed by atoms with Gasteiger partial charge in [-0.15, -0.1) is 0 Å². The number of hydrogen-bond donors (Lipinski definition) is 2. The standard InChI is InChI=1S/C22H22ClN3O/c23-20-9-6-18(7-10-20)12-14-24-21-11-8-19(16-26-21)22(27)25-15-13-17-4-2-1-3-5-17/h1-11,16H,12-15H2,(H,24,26)(H,25,27). The van der Waals surface area contributed by atoms with Gasteiger partial charge in [-0.05, 0) is 48.2 Å². The van der Waals surface area contributed by atoms with Crippen molar-refractivity contribution in [3.05, 3.63) is 94.6 Å². The summed E-state index contributed by atoms with van der Waals surface area (Å²) in [7, 11) is 0. The topological polar surface area (TPSA) is 54.0 Å². The molecular weight excluding hydrogens is 358 g/mol. The largest absolute Gasteiger partial charge is 0.370 e. The van der Waals surface area contributed by atoms with Crippen molar-refractivity contribution in [3.8, 4) is 0 Å². The van der Waals surface area contributed by atoms with E-state index >= 15 is 0 Å². The second-order valence-electron chi connectivity index (χ2n) is 6.23. The minimum Gasteiger partial charge on any atom is -0.370 e. The van der Waals surface area contributed by atoms with E-state index in [0.717, 1.165) is 30.2 Å². The lowest BCUT2D eigenvalue weighted by atomic mass is 10.1. The highest BCUT2D eigenvalue weighted by Crippen LogP contribution is 2.11. The molecule has 0 saturated carbocycles. The molecule has 3 rings (SSSR count). The Morgan fingerprint density at radius 3 is 2.26 bits per heavy atom. The Morgan fingerprint density at radius 1 is 0.852 bits per heavy atom. The van der Waals surface area contributed by atoms with Gasteiger partial charge in [-0.2, -0.15) is 0 Å². The first-order valence-corrected chi connectivity index (χ1v) is 9.35. The number of halogens is 1. The van der Waals surface area contributed by atoms with Gasteiger partial charge in [0.2, 0.25) is 0 Å². The average Bonchev–Trinajstić information content (AvgIpc) is 2.71. The van der Waals surface area contributed by atoms with Crippen LogP contribution in [0.5, 0.6) is 0 Å². The number of pyridine rings is 1. The number of hydrogen-bond acceptors (Lipinski definition) is 3. The summed E-state index contributed by atoms with van der Waals surface area (Å²) in [6.07, 6.45) is 3.29. The van der Waals surface area contributed by atoms with E-state index in [0.29, 0.717) is 12.1 Å². The minimum absolute atomic E-state index is 0.105. The summed E-state index contributed by atoms with van der Waals surface area (Å²) in [5.74, 6) is 0.649. The van der Waals surface area contributed by atoms with Gasteiger partial charge >= 0.3 is 0 Å². The molecule has 0 aliphatic carbocycles. The second kappa shape index (κ2) is 9.74. The summed E-state index contributed by atoms with van der Waals surface area (Å²) in [4.78, 5) is 16.5. The molecular formula is C22H22ClN3O. The van der Waals surface area contributed by atoms with E-state index < -0.39 is 0 Å². The molecule has 0 spiro atoms. The monoisotopic (exact) mass is 379 g/mol. The van der Waals surface area contributed by atoms with Crippen molar-refractivity contribution in [1.82, 2.24) is 10.3 Å². The summed E-state index contributed by atoms with van der Waals surface area (Å²) < 4.78 is 0. The van der Waals surface area contributed by atoms with Crippen molar-refractivity contribution in [1.29, 1.82) is 0 Å². The first kappa shape index (κ1) is 18.9. The Morgan fingerprint density at radius 2 is 1.56 bits per heavy atom. The average molecular weight is 380 g/mol. The molecule has 0 aliphatic rings. The van der Waals surface area contributed by atoms with Gasteiger partial charge in [0, 0.05) is 24.3 Å². The highest BCUT2D eigenvalue weighted by atomic mass is 35.5. The molecule has 27 heavy (non-hydrogen) atoms. The molecule has 0 saturated heterocycles. The second-order valence-corrected chi connectivity index (χ2v) is 6.66. The van der Waals surface area contributed by atoms with Gasteiger partial charge in [-0.1, -0.05) is 54.1 Å². The Kier molecular flexibility index (Phi) is 6.83. The van der Waals surface area contributed by atoms with Crippen molar-refractivity contribution in [2.75, 3.05) is 18.4 Å². The van der Waals surface area contributed by atoms with Gasteiger partial charge < -0.3 is 10.6 Å². The molecule has 0 bridgehead atoms. The Hall–Kier alpha value is -2.85. The van der Waals surface area contributed by atoms with E-state index in [-0.39, 0.29) is 5.91 Å². The van der Waals surface area contributed by atoms with Crippen molar-refractivity contribution in [3.63, 3.8) is 0 Å². The fraction of sp³-hybridized carbons (Fsp3) is 0.182. The Balaban J connectivity index is 1.42. The smallest absolute Gasteiger partial charge is 0.252 e. The van der Waals surface area contributed by atoms with Crippen molar-refractivity contribution in [2.24, 2.45) is 0 Å². The van der Waals surface area contributed by atoms with Crippen LogP contribution in [0.15, 0.2) is 72.9 Å². The molecule has 0 radical (unpaired) electrons. The molecule has 1 aromatic heterocycles. The molecule has 1 amide bonds. The lowest BCUT2D eigenvalue weighted by Gasteiger charge is -2.08. The van der Waals surface area contributed by atoms with Crippen LogP contribution in [-0.4, -0.2) is 24.0 Å². The third-order valence-electron chi connectivity index (χ3n) is 4.20. The first-order valence-electron chi connectivity index (χ1n) is 8.97. The zero-order valence-corrected chi connectivity index (χ0v) is 15.7. The van der Waals surface area contributed by atoms with E-state index in [2.05, 4.69) is 27.8 Å². The molecule has 0 atom stereocenters. The van der Waals surface area contributed by atoms with Crippen LogP contribution in [-0.2, 0) is 12.8 Å². The fourth-order valence-corrected chi connectivity index (χ4v) is 2.81. The molecule has 1 heterocycles. The normalized spacial score (nSPS) is 10.4. The third kappa shape index (κ3) is 6.12. The summed E-state index contributed by atoms with van der Waals surface area (Å²) in [5.41, 5.74) is 2.98. The van der Waals surface area contributed by atoms with Crippen molar-refractivity contribution in [2.45, 2.75) is 12.8 Å². The van der Waals surface area contributed by atoms with Gasteiger partial charge in [-0.25, -0.2) is 4.98 Å². The lowest BCUT2D eigenvalue weighted by molar-refractivity contribution is 0.0954. The van der Waals surface area contributed by atoms with Crippen molar-refractivity contribution >= 4 is 23.3 Å². The van der Waals surface area contributed by atoms with Crippen LogP contribution >= 0.6 is 11.6 Å². The van der Waals surface area contributed by atoms with Gasteiger partial charge in [0.25, 0.3) is 5.91 Å². The van der Waals surface area contributed by atoms with Gasteiger partial charge in [-0.3, -0.25) is 4.79 Å². The Bertz CT molecular complexity index is 849. The number of rotatable bonds is 8. The summed E-state index contributed by atoms with van der Waals surface area (Å²) in [6, 6.07) is 21.5. The number of benzene rings is 2. The van der Waals surface area contributed by atoms with Crippen LogP contribution < -0.4 is 10.6 Å². The number of amides is 1. The van der Waals surface area contributed by atoms with Crippen LogP contribution in [0.2, 0.25) is 5.02 Å². The molecule has 0 fully saturated rings. The predicted molar refractivity (Wildman–Crippen MR) is 110 cm³/mol. The zero-order chi connectivity index (χ0) is 18.9. The van der Waals surface area contributed by atoms with E-state index in [1.54, 1.807) is 12.3 Å². The fourth-order valence-electron chi connectivity index (χ4n) is 2.69. The summed E-state index contributed by atoms with van der Waals surface area (Å²) in [6.45, 7) is 1.36. The number of carbonyl (C=O) groups is 1. The zero-order valence-electron chi connectivity index (χ0n) is 15.0. The first-order chi connectivity index (χ1) is 13.2. The minimum atomic E-state index is -0.105. The number of aromatic nitrogens is 1. The molecule has 138 valence electrons. The van der Waals surface area contributed by atoms with Crippen LogP contribution in [0.25, 0.3) is 0 Å². The summed E-state index contributed by atoms with van der Waals surface area (Å²) >= 11 is 5.89. The number of carbonyl (C=O) groups excluding carboxylic acids is 1. The number of anilines is 1. The van der Waals surface area contributed by atoms with Gasteiger partial charge in [0.05, 0.1) is 5.56 Å². The molecule has 5 heteroatoms. The SMILES string of the molecule is O=C(NCCc1ccccc1)c1ccc(NCCc2ccc(Cl)cc2)nc1. The lowest BCUT2D eigenvalue weighted by Crippen LogP contribution is -2.25. The van der Waals surface area contributed by atoms with Crippen LogP contribution in [0, 0.1) is 0 Å². The highest BCUT2D eigenvalue weighted by molar-refractivity contribution is 6.30. The summed E-state index contributed by atoms with van der Waals surface area (Å²) in [5, 5.41) is 6.93. The quantitative estimate of drug-likeness (QED) is 0.611. The van der Waals surface area contributed by atoms with E-state index in [1.165, 1.54) is 11.1 Å². The Labute approximate surface area is 164 Å². The van der Waals surface area contributed by atoms with Crippen LogP contribution in [0.1, 0.15) is 21.5 Å². The maximum Gasteiger partial charge on any atom is 0.252 e. The molecule has 0 aliphatic heterocycles. The van der Waals surface area contributed by atoms with E-state index in [4.69, 9.17) is 11.6 Å². The molecule has 3 aromatic rings. The van der Waals surface area contributed by atoms with Crippen molar-refractivity contribution < 1.29 is 4.79 Å². The van der Waals surface area contributed by atoms with Gasteiger partial charge in [0.1, 0.15) is 5.82 Å². The van der Waals surface area contributed by atoms with Crippen LogP contribution in [0.4, 0.5) is 5.82 Å². The maximum absolute atomic E-state index is 12.2. The van der Waals surface area contributed by atoms with E-state index in [9.17, 15) is 4.79 Å². The predicted octanol–water partition coefficient (Wildman–Crippen LogP) is 4.36. The molecule has 0 unspecified atom stereocenters. The molecule has 2 aromatic carbocycles. The van der Waals surface area contributed by atoms with Crippen LogP contribution in [0.3, 0.4) is 0 Å². The number of nitrogens with zero attached hydrogens (tertiary/aromatic N) is 1. The molecule has 2 N–H and O–H groups in total. The maximum atomic E-state index is 12.2. The molecule has 4 nitrogen and oxygen atoms in total. The highest BCUT2D eigenvalue weighted by Gasteiger charge is 2.05.